The Kier molecular flexibility index (Phi) is 5.70. The minimum absolute atomic E-state index is 0.326. The molecule has 0 aromatic carbocycles. The van der Waals surface area contributed by atoms with Crippen molar-refractivity contribution in [2.45, 2.75) is 83.8 Å². The van der Waals surface area contributed by atoms with Crippen molar-refractivity contribution in [3.8, 4) is 0 Å². The molecule has 1 saturated carbocycles. The van der Waals surface area contributed by atoms with Crippen molar-refractivity contribution in [3.63, 3.8) is 0 Å². The quantitative estimate of drug-likeness (QED) is 0.748. The molecule has 2 rings (SSSR count). The Bertz CT molecular complexity index is 260. The Labute approximate surface area is 119 Å². The second-order valence-electron chi connectivity index (χ2n) is 7.13. The first-order valence-corrected chi connectivity index (χ1v) is 8.52. The van der Waals surface area contributed by atoms with Gasteiger partial charge in [-0.2, -0.15) is 0 Å². The van der Waals surface area contributed by atoms with Crippen LogP contribution >= 0.6 is 0 Å². The fourth-order valence-corrected chi connectivity index (χ4v) is 3.71. The first-order chi connectivity index (χ1) is 9.15. The van der Waals surface area contributed by atoms with Gasteiger partial charge in [0.15, 0.2) is 0 Å². The zero-order valence-corrected chi connectivity index (χ0v) is 13.2. The first-order valence-electron chi connectivity index (χ1n) is 8.52. The van der Waals surface area contributed by atoms with Gasteiger partial charge in [0.25, 0.3) is 0 Å². The molecule has 0 bridgehead atoms. The highest BCUT2D eigenvalue weighted by Crippen LogP contribution is 2.45. The van der Waals surface area contributed by atoms with Crippen LogP contribution < -0.4 is 5.32 Å². The van der Waals surface area contributed by atoms with Gasteiger partial charge in [-0.25, -0.2) is 0 Å². The van der Waals surface area contributed by atoms with Crippen LogP contribution in [0.3, 0.4) is 0 Å². The fraction of sp³-hybridized carbons (Fsp3) is 1.00. The number of nitrogens with one attached hydrogen (secondary N) is 1. The summed E-state index contributed by atoms with van der Waals surface area (Å²) in [5.41, 5.74) is 0.326. The minimum Gasteiger partial charge on any atom is -0.375 e. The summed E-state index contributed by atoms with van der Waals surface area (Å²) in [6.45, 7) is 9.14. The maximum Gasteiger partial charge on any atom is 0.0685 e. The third-order valence-electron chi connectivity index (χ3n) is 5.21. The molecule has 0 aromatic rings. The second kappa shape index (κ2) is 7.08. The van der Waals surface area contributed by atoms with Gasteiger partial charge in [0.05, 0.1) is 5.60 Å². The van der Waals surface area contributed by atoms with Crippen LogP contribution in [0, 0.1) is 11.8 Å². The standard InChI is InChI=1S/C17H33NO/c1-4-11-18-16(14(2)3)7-6-15-8-12-19-17(13-15)9-5-10-17/h14-16,18H,4-13H2,1-3H3. The number of hydrogen-bond donors (Lipinski definition) is 1. The van der Waals surface area contributed by atoms with Gasteiger partial charge in [-0.3, -0.25) is 0 Å². The number of ether oxygens (including phenoxy) is 1. The lowest BCUT2D eigenvalue weighted by Gasteiger charge is -2.47. The molecule has 19 heavy (non-hydrogen) atoms. The van der Waals surface area contributed by atoms with E-state index in [1.54, 1.807) is 0 Å². The largest absolute Gasteiger partial charge is 0.375 e. The van der Waals surface area contributed by atoms with Crippen LogP contribution in [0.25, 0.3) is 0 Å². The lowest BCUT2D eigenvalue weighted by atomic mass is 9.71. The molecule has 2 aliphatic rings. The third-order valence-corrected chi connectivity index (χ3v) is 5.21. The molecule has 1 saturated heterocycles. The van der Waals surface area contributed by atoms with Gasteiger partial charge in [-0.15, -0.1) is 0 Å². The molecule has 0 aromatic heterocycles. The molecule has 1 heterocycles. The fourth-order valence-electron chi connectivity index (χ4n) is 3.71. The van der Waals surface area contributed by atoms with Crippen molar-refractivity contribution in [3.05, 3.63) is 0 Å². The van der Waals surface area contributed by atoms with Gasteiger partial charge in [0, 0.05) is 12.6 Å². The summed E-state index contributed by atoms with van der Waals surface area (Å²) in [5, 5.41) is 3.73. The van der Waals surface area contributed by atoms with Crippen LogP contribution in [0.4, 0.5) is 0 Å². The summed E-state index contributed by atoms with van der Waals surface area (Å²) < 4.78 is 6.04. The predicted molar refractivity (Wildman–Crippen MR) is 81.4 cm³/mol. The summed E-state index contributed by atoms with van der Waals surface area (Å²) in [6, 6.07) is 0.708. The lowest BCUT2D eigenvalue weighted by Crippen LogP contribution is -2.45. The van der Waals surface area contributed by atoms with E-state index in [1.807, 2.05) is 0 Å². The minimum atomic E-state index is 0.326. The molecule has 2 fully saturated rings. The van der Waals surface area contributed by atoms with Crippen LogP contribution in [0.5, 0.6) is 0 Å². The van der Waals surface area contributed by atoms with Crippen molar-refractivity contribution in [1.82, 2.24) is 5.32 Å². The van der Waals surface area contributed by atoms with E-state index in [-0.39, 0.29) is 0 Å². The average Bonchev–Trinajstić information content (AvgIpc) is 2.37. The Morgan fingerprint density at radius 1 is 1.32 bits per heavy atom. The summed E-state index contributed by atoms with van der Waals surface area (Å²) in [4.78, 5) is 0. The van der Waals surface area contributed by atoms with Gasteiger partial charge >= 0.3 is 0 Å². The topological polar surface area (TPSA) is 21.3 Å². The van der Waals surface area contributed by atoms with E-state index in [4.69, 9.17) is 4.74 Å². The highest BCUT2D eigenvalue weighted by atomic mass is 16.5. The maximum absolute atomic E-state index is 6.04. The average molecular weight is 267 g/mol. The molecule has 2 atom stereocenters. The first kappa shape index (κ1) is 15.3. The Hall–Kier alpha value is -0.0800. The molecule has 0 radical (unpaired) electrons. The van der Waals surface area contributed by atoms with Gasteiger partial charge in [-0.05, 0) is 69.7 Å². The molecule has 2 heteroatoms. The van der Waals surface area contributed by atoms with Crippen molar-refractivity contribution in [2.24, 2.45) is 11.8 Å². The zero-order valence-electron chi connectivity index (χ0n) is 13.2. The molecule has 2 nitrogen and oxygen atoms in total. The predicted octanol–water partition coefficient (Wildman–Crippen LogP) is 4.14. The molecular weight excluding hydrogens is 234 g/mol. The number of hydrogen-bond acceptors (Lipinski definition) is 2. The van der Waals surface area contributed by atoms with E-state index in [0.717, 1.165) is 18.4 Å². The highest BCUT2D eigenvalue weighted by molar-refractivity contribution is 4.94. The van der Waals surface area contributed by atoms with E-state index in [0.29, 0.717) is 11.6 Å². The summed E-state index contributed by atoms with van der Waals surface area (Å²) >= 11 is 0. The Morgan fingerprint density at radius 3 is 2.68 bits per heavy atom. The highest BCUT2D eigenvalue weighted by Gasteiger charge is 2.42. The zero-order chi connectivity index (χ0) is 13.7. The molecule has 0 amide bonds. The van der Waals surface area contributed by atoms with Crippen LogP contribution in [0.1, 0.15) is 72.1 Å². The molecule has 1 aliphatic heterocycles. The molecule has 112 valence electrons. The van der Waals surface area contributed by atoms with Crippen LogP contribution in [-0.2, 0) is 4.74 Å². The van der Waals surface area contributed by atoms with Crippen molar-refractivity contribution in [1.29, 1.82) is 0 Å². The normalized spacial score (nSPS) is 27.5. The number of rotatable bonds is 7. The van der Waals surface area contributed by atoms with Crippen LogP contribution in [0.15, 0.2) is 0 Å². The van der Waals surface area contributed by atoms with Crippen molar-refractivity contribution < 1.29 is 4.74 Å². The molecular formula is C17H33NO. The van der Waals surface area contributed by atoms with Crippen molar-refractivity contribution in [2.75, 3.05) is 13.2 Å². The van der Waals surface area contributed by atoms with Gasteiger partial charge in [0.2, 0.25) is 0 Å². The Balaban J connectivity index is 1.73. The van der Waals surface area contributed by atoms with Crippen LogP contribution in [-0.4, -0.2) is 24.8 Å². The van der Waals surface area contributed by atoms with E-state index in [2.05, 4.69) is 26.1 Å². The molecule has 1 spiro atoms. The summed E-state index contributed by atoms with van der Waals surface area (Å²) in [6.07, 6.45) is 10.6. The second-order valence-corrected chi connectivity index (χ2v) is 7.13. The van der Waals surface area contributed by atoms with E-state index >= 15 is 0 Å². The monoisotopic (exact) mass is 267 g/mol. The van der Waals surface area contributed by atoms with Gasteiger partial charge in [-0.1, -0.05) is 20.8 Å². The van der Waals surface area contributed by atoms with Gasteiger partial charge in [0.1, 0.15) is 0 Å². The third kappa shape index (κ3) is 4.19. The Morgan fingerprint density at radius 2 is 2.11 bits per heavy atom. The SMILES string of the molecule is CCCNC(CCC1CCOC2(CCC2)C1)C(C)C. The summed E-state index contributed by atoms with van der Waals surface area (Å²) in [7, 11) is 0. The van der Waals surface area contributed by atoms with Crippen LogP contribution in [0.2, 0.25) is 0 Å². The van der Waals surface area contributed by atoms with E-state index in [9.17, 15) is 0 Å². The van der Waals surface area contributed by atoms with Gasteiger partial charge < -0.3 is 10.1 Å². The maximum atomic E-state index is 6.04. The lowest BCUT2D eigenvalue weighted by molar-refractivity contribution is -0.144. The molecule has 1 N–H and O–H groups in total. The van der Waals surface area contributed by atoms with E-state index < -0.39 is 0 Å². The summed E-state index contributed by atoms with van der Waals surface area (Å²) in [5.74, 6) is 1.67. The molecule has 2 unspecified atom stereocenters. The van der Waals surface area contributed by atoms with Crippen molar-refractivity contribution >= 4 is 0 Å². The van der Waals surface area contributed by atoms with E-state index in [1.165, 1.54) is 57.9 Å². The smallest absolute Gasteiger partial charge is 0.0685 e. The molecule has 1 aliphatic carbocycles.